The summed E-state index contributed by atoms with van der Waals surface area (Å²) in [5.41, 5.74) is 13.3. The van der Waals surface area contributed by atoms with E-state index in [1.165, 1.54) is 12.2 Å². The summed E-state index contributed by atoms with van der Waals surface area (Å²) in [6.45, 7) is 2.13. The molecule has 3 aromatic rings. The summed E-state index contributed by atoms with van der Waals surface area (Å²) in [6, 6.07) is 12.0. The van der Waals surface area contributed by atoms with Crippen molar-refractivity contribution in [2.75, 3.05) is 0 Å². The molecule has 1 aliphatic heterocycles. The number of carbonyl (C=O) groups is 1. The van der Waals surface area contributed by atoms with Crippen molar-refractivity contribution in [3.63, 3.8) is 0 Å². The highest BCUT2D eigenvalue weighted by Crippen LogP contribution is 2.43. The maximum absolute atomic E-state index is 14.0. The number of hydrogen-bond acceptors (Lipinski definition) is 4. The van der Waals surface area contributed by atoms with Gasteiger partial charge in [-0.3, -0.25) is 4.79 Å². The fourth-order valence-corrected chi connectivity index (χ4v) is 5.37. The van der Waals surface area contributed by atoms with Crippen LogP contribution in [-0.4, -0.2) is 21.4 Å². The minimum atomic E-state index is -0.470. The molecule has 36 heavy (non-hydrogen) atoms. The number of rotatable bonds is 4. The first-order valence-corrected chi connectivity index (χ1v) is 12.1. The Kier molecular flexibility index (Phi) is 5.35. The summed E-state index contributed by atoms with van der Waals surface area (Å²) in [6.07, 6.45) is 9.02. The first-order chi connectivity index (χ1) is 17.4. The predicted molar refractivity (Wildman–Crippen MR) is 134 cm³/mol. The molecule has 6 nitrogen and oxygen atoms in total. The molecule has 2 aliphatic carbocycles. The van der Waals surface area contributed by atoms with Gasteiger partial charge in [-0.2, -0.15) is 5.26 Å². The van der Waals surface area contributed by atoms with Crippen molar-refractivity contribution in [3.05, 3.63) is 99.8 Å². The molecular weight excluding hydrogens is 455 g/mol. The molecule has 1 saturated carbocycles. The Balaban J connectivity index is 1.41. The quantitative estimate of drug-likeness (QED) is 0.524. The summed E-state index contributed by atoms with van der Waals surface area (Å²) < 4.78 is 22.2. The number of aromatic nitrogens is 2. The SMILES string of the molecule is C/C(C#N)=C1\c2ccc(Cc3c(C4CC4)nc4cc(C(N)=O)ccn34)cc2COC2C=C(F)C=CC12. The smallest absolute Gasteiger partial charge is 0.248 e. The van der Waals surface area contributed by atoms with E-state index in [0.717, 1.165) is 52.1 Å². The fourth-order valence-electron chi connectivity index (χ4n) is 5.37. The molecule has 1 aromatic carbocycles. The van der Waals surface area contributed by atoms with Crippen molar-refractivity contribution in [2.45, 2.75) is 44.8 Å². The number of nitrogens with two attached hydrogens (primary N) is 1. The Labute approximate surface area is 208 Å². The number of amides is 1. The van der Waals surface area contributed by atoms with Crippen LogP contribution in [0, 0.1) is 17.2 Å². The maximum atomic E-state index is 14.0. The van der Waals surface area contributed by atoms with Crippen LogP contribution in [0.25, 0.3) is 11.2 Å². The Morgan fingerprint density at radius 2 is 2.14 bits per heavy atom. The zero-order valence-electron chi connectivity index (χ0n) is 19.9. The molecule has 2 atom stereocenters. The monoisotopic (exact) mass is 480 g/mol. The van der Waals surface area contributed by atoms with Crippen LogP contribution in [0.4, 0.5) is 4.39 Å². The summed E-state index contributed by atoms with van der Waals surface area (Å²) in [5.74, 6) is -0.569. The Morgan fingerprint density at radius 1 is 1.31 bits per heavy atom. The van der Waals surface area contributed by atoms with E-state index in [9.17, 15) is 14.4 Å². The maximum Gasteiger partial charge on any atom is 0.248 e. The van der Waals surface area contributed by atoms with Crippen LogP contribution < -0.4 is 5.73 Å². The molecule has 3 heterocycles. The molecule has 2 N–H and O–H groups in total. The van der Waals surface area contributed by atoms with Crippen LogP contribution in [0.1, 0.15) is 64.1 Å². The molecule has 0 spiro atoms. The van der Waals surface area contributed by atoms with Crippen LogP contribution in [0.3, 0.4) is 0 Å². The van der Waals surface area contributed by atoms with Gasteiger partial charge in [0.15, 0.2) is 0 Å². The van der Waals surface area contributed by atoms with Crippen molar-refractivity contribution >= 4 is 17.1 Å². The van der Waals surface area contributed by atoms with Crippen molar-refractivity contribution in [1.29, 1.82) is 5.26 Å². The standard InChI is InChI=1S/C29H25FN4O2/c1-16(14-31)27-22-6-2-17(10-20(22)15-36-25-13-21(30)5-7-23(25)27)11-24-28(18-3-4-18)33-26-12-19(29(32)35)8-9-34(24)26/h2,5-10,12-13,18,23,25H,3-4,11,15H2,1H3,(H2,32,35)/b27-16-. The van der Waals surface area contributed by atoms with E-state index in [2.05, 4.69) is 24.3 Å². The second kappa shape index (κ2) is 8.58. The van der Waals surface area contributed by atoms with E-state index < -0.39 is 12.0 Å². The highest BCUT2D eigenvalue weighted by Gasteiger charge is 2.33. The van der Waals surface area contributed by atoms with E-state index in [-0.39, 0.29) is 11.7 Å². The predicted octanol–water partition coefficient (Wildman–Crippen LogP) is 5.14. The Hall–Kier alpha value is -4.02. The number of allylic oxidation sites excluding steroid dienone is 3. The lowest BCUT2D eigenvalue weighted by Gasteiger charge is -2.25. The van der Waals surface area contributed by atoms with Gasteiger partial charge in [-0.1, -0.05) is 24.3 Å². The van der Waals surface area contributed by atoms with Crippen LogP contribution in [0.5, 0.6) is 0 Å². The molecule has 1 amide bonds. The van der Waals surface area contributed by atoms with Crippen LogP contribution in [0.15, 0.2) is 66.2 Å². The highest BCUT2D eigenvalue weighted by atomic mass is 19.1. The molecule has 6 rings (SSSR count). The largest absolute Gasteiger partial charge is 0.368 e. The number of pyridine rings is 1. The minimum Gasteiger partial charge on any atom is -0.368 e. The lowest BCUT2D eigenvalue weighted by Crippen LogP contribution is -2.22. The molecular formula is C29H25FN4O2. The summed E-state index contributed by atoms with van der Waals surface area (Å²) in [7, 11) is 0. The topological polar surface area (TPSA) is 93.4 Å². The number of fused-ring (bicyclic) bond motifs is 3. The van der Waals surface area contributed by atoms with Crippen LogP contribution in [0.2, 0.25) is 0 Å². The first kappa shape index (κ1) is 22.4. The molecule has 2 unspecified atom stereocenters. The molecule has 0 saturated heterocycles. The molecule has 0 radical (unpaired) electrons. The molecule has 3 aliphatic rings. The number of nitrogens with zero attached hydrogens (tertiary/aromatic N) is 3. The van der Waals surface area contributed by atoms with E-state index in [0.29, 0.717) is 30.1 Å². The minimum absolute atomic E-state index is 0.212. The normalized spacial score (nSPS) is 22.3. The molecule has 7 heteroatoms. The highest BCUT2D eigenvalue weighted by molar-refractivity contribution is 5.93. The molecule has 0 bridgehead atoms. The zero-order valence-corrected chi connectivity index (χ0v) is 19.9. The second-order valence-corrected chi connectivity index (χ2v) is 9.76. The van der Waals surface area contributed by atoms with Crippen LogP contribution in [-0.2, 0) is 17.8 Å². The summed E-state index contributed by atoms with van der Waals surface area (Å²) >= 11 is 0. The van der Waals surface area contributed by atoms with Crippen molar-refractivity contribution in [3.8, 4) is 6.07 Å². The average molecular weight is 481 g/mol. The number of benzene rings is 1. The van der Waals surface area contributed by atoms with Gasteiger partial charge in [0.1, 0.15) is 11.5 Å². The van der Waals surface area contributed by atoms with Gasteiger partial charge in [-0.25, -0.2) is 9.37 Å². The summed E-state index contributed by atoms with van der Waals surface area (Å²) in [4.78, 5) is 16.5. The lowest BCUT2D eigenvalue weighted by atomic mass is 9.82. The van der Waals surface area contributed by atoms with Crippen molar-refractivity contribution < 1.29 is 13.9 Å². The summed E-state index contributed by atoms with van der Waals surface area (Å²) in [5, 5.41) is 9.71. The Morgan fingerprint density at radius 3 is 2.89 bits per heavy atom. The van der Waals surface area contributed by atoms with Gasteiger partial charge in [0.05, 0.1) is 30.2 Å². The van der Waals surface area contributed by atoms with Gasteiger partial charge in [-0.05, 0) is 66.3 Å². The number of ether oxygens (including phenoxy) is 1. The molecule has 2 aromatic heterocycles. The van der Waals surface area contributed by atoms with Crippen molar-refractivity contribution in [2.24, 2.45) is 11.7 Å². The van der Waals surface area contributed by atoms with Gasteiger partial charge in [0.2, 0.25) is 5.91 Å². The zero-order chi connectivity index (χ0) is 25.0. The first-order valence-electron chi connectivity index (χ1n) is 12.1. The van der Waals surface area contributed by atoms with Gasteiger partial charge < -0.3 is 14.9 Å². The van der Waals surface area contributed by atoms with Crippen LogP contribution >= 0.6 is 0 Å². The number of imidazole rings is 1. The van der Waals surface area contributed by atoms with Crippen molar-refractivity contribution in [1.82, 2.24) is 9.38 Å². The number of primary amides is 1. The van der Waals surface area contributed by atoms with E-state index in [1.807, 2.05) is 10.6 Å². The van der Waals surface area contributed by atoms with E-state index >= 15 is 0 Å². The van der Waals surface area contributed by atoms with E-state index in [4.69, 9.17) is 15.5 Å². The third kappa shape index (κ3) is 3.84. The molecule has 180 valence electrons. The fraction of sp³-hybridized carbons (Fsp3) is 0.276. The number of carbonyl (C=O) groups excluding carboxylic acids is 1. The lowest BCUT2D eigenvalue weighted by molar-refractivity contribution is 0.0598. The number of hydrogen-bond donors (Lipinski definition) is 1. The van der Waals surface area contributed by atoms with Gasteiger partial charge in [0, 0.05) is 35.6 Å². The van der Waals surface area contributed by atoms with Gasteiger partial charge >= 0.3 is 0 Å². The third-order valence-corrected chi connectivity index (χ3v) is 7.31. The van der Waals surface area contributed by atoms with E-state index in [1.54, 1.807) is 25.1 Å². The average Bonchev–Trinajstić information content (AvgIpc) is 3.68. The second-order valence-electron chi connectivity index (χ2n) is 9.76. The van der Waals surface area contributed by atoms with Gasteiger partial charge in [-0.15, -0.1) is 0 Å². The number of nitriles is 1. The number of halogens is 1. The van der Waals surface area contributed by atoms with Gasteiger partial charge in [0.25, 0.3) is 0 Å². The molecule has 1 fully saturated rings. The Bertz CT molecular complexity index is 1550. The third-order valence-electron chi connectivity index (χ3n) is 7.31.